The molecule has 0 spiro atoms. The molecule has 0 saturated heterocycles. The molecule has 0 aliphatic carbocycles. The summed E-state index contributed by atoms with van der Waals surface area (Å²) in [6.07, 6.45) is 0. The number of fused-ring (bicyclic) bond motifs is 3. The van der Waals surface area contributed by atoms with E-state index in [-0.39, 0.29) is 0 Å². The highest BCUT2D eigenvalue weighted by molar-refractivity contribution is 6.06. The average Bonchev–Trinajstić information content (AvgIpc) is 3.06. The van der Waals surface area contributed by atoms with Crippen LogP contribution in [-0.4, -0.2) is 11.9 Å². The van der Waals surface area contributed by atoms with Crippen LogP contribution in [0.3, 0.4) is 0 Å². The lowest BCUT2D eigenvalue weighted by Crippen LogP contribution is -2.32. The third-order valence-electron chi connectivity index (χ3n) is 4.45. The van der Waals surface area contributed by atoms with Crippen molar-refractivity contribution < 1.29 is 22.4 Å². The second-order valence-electron chi connectivity index (χ2n) is 6.39. The lowest BCUT2D eigenvalue weighted by atomic mass is 10.1. The molecule has 1 atom stereocenters. The molecular weight excluding hydrogens is 369 g/mol. The normalized spacial score (nSPS) is 12.3. The molecule has 4 rings (SSSR count). The van der Waals surface area contributed by atoms with Gasteiger partial charge in [-0.15, -0.1) is 0 Å². The van der Waals surface area contributed by atoms with Crippen LogP contribution < -0.4 is 10.6 Å². The molecule has 28 heavy (non-hydrogen) atoms. The average molecular weight is 384 g/mol. The molecule has 0 aliphatic heterocycles. The van der Waals surface area contributed by atoms with Gasteiger partial charge in [-0.25, -0.2) is 13.2 Å². The minimum atomic E-state index is -1.63. The van der Waals surface area contributed by atoms with E-state index in [2.05, 4.69) is 10.6 Å². The Morgan fingerprint density at radius 3 is 2.50 bits per heavy atom. The van der Waals surface area contributed by atoms with Gasteiger partial charge in [-0.05, 0) is 43.3 Å². The van der Waals surface area contributed by atoms with E-state index in [1.165, 1.54) is 0 Å². The molecular formula is C21H15F3N2O2. The van der Waals surface area contributed by atoms with Crippen molar-refractivity contribution in [2.45, 2.75) is 13.0 Å². The molecule has 0 fully saturated rings. The topological polar surface area (TPSA) is 54.3 Å². The van der Waals surface area contributed by atoms with Gasteiger partial charge in [-0.2, -0.15) is 0 Å². The van der Waals surface area contributed by atoms with Gasteiger partial charge in [0.2, 0.25) is 5.91 Å². The number of carbonyl (C=O) groups is 1. The fraction of sp³-hybridized carbons (Fsp3) is 0.0952. The Bertz CT molecular complexity index is 1200. The van der Waals surface area contributed by atoms with Crippen molar-refractivity contribution in [2.75, 3.05) is 10.6 Å². The largest absolute Gasteiger partial charge is 0.456 e. The minimum absolute atomic E-state index is 0.422. The first-order valence-corrected chi connectivity index (χ1v) is 8.56. The van der Waals surface area contributed by atoms with E-state index < -0.39 is 35.1 Å². The van der Waals surface area contributed by atoms with Crippen LogP contribution in [0.2, 0.25) is 0 Å². The number of hydrogen-bond acceptors (Lipinski definition) is 3. The summed E-state index contributed by atoms with van der Waals surface area (Å²) in [7, 11) is 0. The highest BCUT2D eigenvalue weighted by atomic mass is 19.2. The molecule has 1 heterocycles. The summed E-state index contributed by atoms with van der Waals surface area (Å²) in [6.45, 7) is 1.57. The number of furan rings is 1. The molecule has 7 heteroatoms. The van der Waals surface area contributed by atoms with Gasteiger partial charge in [0.05, 0.1) is 5.69 Å². The van der Waals surface area contributed by atoms with Crippen LogP contribution in [-0.2, 0) is 4.79 Å². The molecule has 0 unspecified atom stereocenters. The van der Waals surface area contributed by atoms with Gasteiger partial charge >= 0.3 is 0 Å². The maximum atomic E-state index is 13.7. The minimum Gasteiger partial charge on any atom is -0.456 e. The molecule has 1 amide bonds. The summed E-state index contributed by atoms with van der Waals surface area (Å²) >= 11 is 0. The van der Waals surface area contributed by atoms with Crippen molar-refractivity contribution in [3.05, 3.63) is 72.0 Å². The van der Waals surface area contributed by atoms with Crippen molar-refractivity contribution in [1.29, 1.82) is 0 Å². The van der Waals surface area contributed by atoms with Gasteiger partial charge in [-0.1, -0.05) is 18.2 Å². The molecule has 0 radical (unpaired) electrons. The highest BCUT2D eigenvalue weighted by Crippen LogP contribution is 2.30. The summed E-state index contributed by atoms with van der Waals surface area (Å²) in [6, 6.07) is 14.0. The number of nitrogens with one attached hydrogen (secondary N) is 2. The fourth-order valence-electron chi connectivity index (χ4n) is 2.99. The number of carbonyl (C=O) groups excluding carboxylic acids is 1. The lowest BCUT2D eigenvalue weighted by Gasteiger charge is -2.16. The van der Waals surface area contributed by atoms with Crippen molar-refractivity contribution in [2.24, 2.45) is 0 Å². The zero-order valence-electron chi connectivity index (χ0n) is 14.7. The van der Waals surface area contributed by atoms with Gasteiger partial charge in [0.15, 0.2) is 17.5 Å². The lowest BCUT2D eigenvalue weighted by molar-refractivity contribution is -0.116. The number of halogens is 3. The predicted molar refractivity (Wildman–Crippen MR) is 102 cm³/mol. The molecule has 2 N–H and O–H groups in total. The van der Waals surface area contributed by atoms with E-state index in [0.29, 0.717) is 11.3 Å². The SMILES string of the molecule is C[C@@H](Nc1ccc2oc3ccccc3c2c1)C(=O)Nc1ccc(F)c(F)c1F. The van der Waals surface area contributed by atoms with Gasteiger partial charge in [0, 0.05) is 16.5 Å². The number of para-hydroxylation sites is 1. The Morgan fingerprint density at radius 2 is 1.68 bits per heavy atom. The first kappa shape index (κ1) is 17.9. The van der Waals surface area contributed by atoms with Gasteiger partial charge in [0.25, 0.3) is 0 Å². The van der Waals surface area contributed by atoms with E-state index in [1.807, 2.05) is 30.3 Å². The van der Waals surface area contributed by atoms with Crippen molar-refractivity contribution in [3.8, 4) is 0 Å². The van der Waals surface area contributed by atoms with Gasteiger partial charge in [0.1, 0.15) is 17.2 Å². The molecule has 1 aromatic heterocycles. The Labute approximate surface area is 157 Å². The maximum Gasteiger partial charge on any atom is 0.246 e. The van der Waals surface area contributed by atoms with E-state index in [4.69, 9.17) is 4.42 Å². The first-order chi connectivity index (χ1) is 13.4. The molecule has 0 bridgehead atoms. The third-order valence-corrected chi connectivity index (χ3v) is 4.45. The fourth-order valence-corrected chi connectivity index (χ4v) is 2.99. The summed E-state index contributed by atoms with van der Waals surface area (Å²) < 4.78 is 45.8. The number of hydrogen-bond donors (Lipinski definition) is 2. The number of benzene rings is 3. The van der Waals surface area contributed by atoms with Crippen LogP contribution in [0, 0.1) is 17.5 Å². The zero-order chi connectivity index (χ0) is 19.8. The Hall–Kier alpha value is -3.48. The Kier molecular flexibility index (Phi) is 4.43. The van der Waals surface area contributed by atoms with Gasteiger partial charge < -0.3 is 15.1 Å². The van der Waals surface area contributed by atoms with Crippen molar-refractivity contribution >= 4 is 39.2 Å². The van der Waals surface area contributed by atoms with E-state index >= 15 is 0 Å². The number of amides is 1. The quantitative estimate of drug-likeness (QED) is 0.461. The Balaban J connectivity index is 1.54. The van der Waals surface area contributed by atoms with Crippen LogP contribution in [0.4, 0.5) is 24.5 Å². The molecule has 3 aromatic carbocycles. The molecule has 4 aromatic rings. The van der Waals surface area contributed by atoms with E-state index in [1.54, 1.807) is 19.1 Å². The van der Waals surface area contributed by atoms with Crippen molar-refractivity contribution in [3.63, 3.8) is 0 Å². The van der Waals surface area contributed by atoms with Crippen LogP contribution in [0.25, 0.3) is 21.9 Å². The highest BCUT2D eigenvalue weighted by Gasteiger charge is 2.19. The predicted octanol–water partition coefficient (Wildman–Crippen LogP) is 5.44. The second-order valence-corrected chi connectivity index (χ2v) is 6.39. The van der Waals surface area contributed by atoms with Crippen LogP contribution >= 0.6 is 0 Å². The second kappa shape index (κ2) is 6.92. The molecule has 4 nitrogen and oxygen atoms in total. The molecule has 0 saturated carbocycles. The van der Waals surface area contributed by atoms with E-state index in [9.17, 15) is 18.0 Å². The van der Waals surface area contributed by atoms with Crippen LogP contribution in [0.1, 0.15) is 6.92 Å². The van der Waals surface area contributed by atoms with Crippen LogP contribution in [0.15, 0.2) is 59.0 Å². The van der Waals surface area contributed by atoms with Crippen molar-refractivity contribution in [1.82, 2.24) is 0 Å². The third kappa shape index (κ3) is 3.15. The Morgan fingerprint density at radius 1 is 0.929 bits per heavy atom. The summed E-state index contributed by atoms with van der Waals surface area (Å²) in [5, 5.41) is 7.10. The summed E-state index contributed by atoms with van der Waals surface area (Å²) in [5.74, 6) is -4.98. The number of rotatable bonds is 4. The monoisotopic (exact) mass is 384 g/mol. The summed E-state index contributed by atoms with van der Waals surface area (Å²) in [4.78, 5) is 12.3. The smallest absolute Gasteiger partial charge is 0.246 e. The van der Waals surface area contributed by atoms with Gasteiger partial charge in [-0.3, -0.25) is 4.79 Å². The zero-order valence-corrected chi connectivity index (χ0v) is 14.7. The summed E-state index contributed by atoms with van der Waals surface area (Å²) in [5.41, 5.74) is 1.71. The van der Waals surface area contributed by atoms with E-state index in [0.717, 1.165) is 28.5 Å². The maximum absolute atomic E-state index is 13.7. The first-order valence-electron chi connectivity index (χ1n) is 8.56. The molecule has 0 aliphatic rings. The molecule has 142 valence electrons. The standard InChI is InChI=1S/C21H15F3N2O2/c1-11(21(27)26-16-8-7-15(22)19(23)20(16)24)25-12-6-9-18-14(10-12)13-4-2-3-5-17(13)28-18/h2-11,25H,1H3,(H,26,27)/t11-/m1/s1. The number of anilines is 2. The van der Waals surface area contributed by atoms with Crippen LogP contribution in [0.5, 0.6) is 0 Å².